The van der Waals surface area contributed by atoms with Crippen LogP contribution in [0.4, 0.5) is 0 Å². The zero-order valence-corrected chi connectivity index (χ0v) is 15.8. The maximum Gasteiger partial charge on any atom is 0.262 e. The van der Waals surface area contributed by atoms with Gasteiger partial charge in [-0.3, -0.25) is 14.3 Å². The van der Waals surface area contributed by atoms with Crippen LogP contribution in [0.5, 0.6) is 0 Å². The fourth-order valence-electron chi connectivity index (χ4n) is 2.99. The number of thiophene rings is 1. The van der Waals surface area contributed by atoms with Gasteiger partial charge in [0.05, 0.1) is 10.4 Å². The van der Waals surface area contributed by atoms with Crippen molar-refractivity contribution in [3.05, 3.63) is 70.1 Å². The molecule has 4 heterocycles. The average Bonchev–Trinajstić information content (AvgIpc) is 3.42. The van der Waals surface area contributed by atoms with Crippen LogP contribution >= 0.6 is 22.7 Å². The van der Waals surface area contributed by atoms with Crippen LogP contribution in [0.1, 0.15) is 32.9 Å². The number of imidazole rings is 1. The van der Waals surface area contributed by atoms with Crippen LogP contribution in [0.25, 0.3) is 15.3 Å². The topological polar surface area (TPSA) is 88.0 Å². The summed E-state index contributed by atoms with van der Waals surface area (Å²) in [5, 5.41) is 12.1. The molecule has 0 saturated heterocycles. The Morgan fingerprint density at radius 2 is 2.11 bits per heavy atom. The summed E-state index contributed by atoms with van der Waals surface area (Å²) in [6.45, 7) is 1.83. The molecule has 0 radical (unpaired) electrons. The molecule has 1 aromatic carbocycles. The van der Waals surface area contributed by atoms with E-state index < -0.39 is 6.04 Å². The molecule has 0 aliphatic heterocycles. The molecule has 134 valence electrons. The van der Waals surface area contributed by atoms with Crippen LogP contribution < -0.4 is 5.32 Å². The number of aryl methyl sites for hydroxylation is 1. The minimum absolute atomic E-state index is 0.168. The van der Waals surface area contributed by atoms with Crippen molar-refractivity contribution < 1.29 is 4.79 Å². The van der Waals surface area contributed by atoms with Gasteiger partial charge in [0.15, 0.2) is 10.8 Å². The van der Waals surface area contributed by atoms with E-state index >= 15 is 0 Å². The van der Waals surface area contributed by atoms with Gasteiger partial charge in [0.1, 0.15) is 16.7 Å². The van der Waals surface area contributed by atoms with Crippen molar-refractivity contribution in [1.82, 2.24) is 29.9 Å². The summed E-state index contributed by atoms with van der Waals surface area (Å²) < 4.78 is 2.00. The molecule has 1 atom stereocenters. The number of carbonyl (C=O) groups excluding carboxylic acids is 1. The Hall–Kier alpha value is -3.04. The van der Waals surface area contributed by atoms with Crippen molar-refractivity contribution in [3.8, 4) is 0 Å². The second-order valence-electron chi connectivity index (χ2n) is 6.06. The first-order chi connectivity index (χ1) is 13.2. The standard InChI is InChI=1S/C18H14N6OS2/c1-10-19-15(23-22-10)14(11-5-3-2-4-6-11)20-16(25)13-9-12-17(27-13)21-18-24(12)7-8-26-18/h2-9,14H,1H3,(H,20,25)(H,19,22,23). The van der Waals surface area contributed by atoms with Crippen LogP contribution in [-0.4, -0.2) is 30.5 Å². The van der Waals surface area contributed by atoms with E-state index in [-0.39, 0.29) is 5.91 Å². The van der Waals surface area contributed by atoms with Crippen LogP contribution in [0, 0.1) is 6.92 Å². The summed E-state index contributed by atoms with van der Waals surface area (Å²) in [6, 6.07) is 11.2. The van der Waals surface area contributed by atoms with Crippen molar-refractivity contribution >= 4 is 43.9 Å². The highest BCUT2D eigenvalue weighted by molar-refractivity contribution is 7.21. The highest BCUT2D eigenvalue weighted by atomic mass is 32.1. The number of aromatic nitrogens is 5. The summed E-state index contributed by atoms with van der Waals surface area (Å²) in [5.41, 5.74) is 1.87. The number of amides is 1. The molecular formula is C18H14N6OS2. The Balaban J connectivity index is 1.50. The number of aromatic amines is 1. The van der Waals surface area contributed by atoms with Crippen molar-refractivity contribution in [2.45, 2.75) is 13.0 Å². The van der Waals surface area contributed by atoms with Crippen molar-refractivity contribution in [3.63, 3.8) is 0 Å². The fraction of sp³-hybridized carbons (Fsp3) is 0.111. The number of hydrogen-bond acceptors (Lipinski definition) is 6. The molecule has 0 aliphatic carbocycles. The Kier molecular flexibility index (Phi) is 3.76. The number of nitrogens with zero attached hydrogens (tertiary/aromatic N) is 4. The molecule has 0 saturated carbocycles. The average molecular weight is 394 g/mol. The Labute approximate surface area is 161 Å². The summed E-state index contributed by atoms with van der Waals surface area (Å²) >= 11 is 2.96. The largest absolute Gasteiger partial charge is 0.337 e. The maximum atomic E-state index is 12.9. The highest BCUT2D eigenvalue weighted by Gasteiger charge is 2.23. The summed E-state index contributed by atoms with van der Waals surface area (Å²) in [7, 11) is 0. The molecule has 27 heavy (non-hydrogen) atoms. The smallest absolute Gasteiger partial charge is 0.262 e. The SMILES string of the molecule is Cc1nc(C(NC(=O)c2cc3c(nc4sccn43)s2)c2ccccc2)n[nH]1. The minimum Gasteiger partial charge on any atom is -0.337 e. The van der Waals surface area contributed by atoms with Gasteiger partial charge < -0.3 is 5.32 Å². The minimum atomic E-state index is -0.429. The van der Waals surface area contributed by atoms with Crippen molar-refractivity contribution in [2.24, 2.45) is 0 Å². The van der Waals surface area contributed by atoms with E-state index in [4.69, 9.17) is 0 Å². The van der Waals surface area contributed by atoms with E-state index in [0.717, 1.165) is 20.9 Å². The third-order valence-corrected chi connectivity index (χ3v) is 6.02. The van der Waals surface area contributed by atoms with Gasteiger partial charge in [-0.15, -0.1) is 22.7 Å². The normalized spacial score (nSPS) is 12.6. The quantitative estimate of drug-likeness (QED) is 0.488. The predicted octanol–water partition coefficient (Wildman–Crippen LogP) is 3.56. The maximum absolute atomic E-state index is 12.9. The van der Waals surface area contributed by atoms with Gasteiger partial charge in [0, 0.05) is 11.6 Å². The van der Waals surface area contributed by atoms with Gasteiger partial charge in [-0.2, -0.15) is 5.10 Å². The van der Waals surface area contributed by atoms with Gasteiger partial charge in [0.2, 0.25) is 0 Å². The van der Waals surface area contributed by atoms with E-state index in [2.05, 4.69) is 25.5 Å². The Morgan fingerprint density at radius 3 is 2.89 bits per heavy atom. The fourth-order valence-corrected chi connectivity index (χ4v) is 4.70. The van der Waals surface area contributed by atoms with E-state index in [1.165, 1.54) is 11.3 Å². The molecule has 4 aromatic heterocycles. The lowest BCUT2D eigenvalue weighted by molar-refractivity contribution is 0.0945. The summed E-state index contributed by atoms with van der Waals surface area (Å²) in [5.74, 6) is 1.07. The summed E-state index contributed by atoms with van der Waals surface area (Å²) in [6.07, 6.45) is 1.97. The van der Waals surface area contributed by atoms with Crippen LogP contribution in [0.2, 0.25) is 0 Å². The lowest BCUT2D eigenvalue weighted by Crippen LogP contribution is -2.29. The highest BCUT2D eigenvalue weighted by Crippen LogP contribution is 2.29. The second-order valence-corrected chi connectivity index (χ2v) is 7.97. The third-order valence-electron chi connectivity index (χ3n) is 4.24. The number of H-pyrrole nitrogens is 1. The molecule has 0 fully saturated rings. The number of hydrogen-bond donors (Lipinski definition) is 2. The van der Waals surface area contributed by atoms with E-state index in [9.17, 15) is 4.79 Å². The molecule has 1 unspecified atom stereocenters. The monoisotopic (exact) mass is 394 g/mol. The van der Waals surface area contributed by atoms with E-state index in [1.54, 1.807) is 11.3 Å². The lowest BCUT2D eigenvalue weighted by Gasteiger charge is -2.15. The molecular weight excluding hydrogens is 380 g/mol. The van der Waals surface area contributed by atoms with Crippen LogP contribution in [0.15, 0.2) is 48.0 Å². The van der Waals surface area contributed by atoms with E-state index in [1.807, 2.05) is 59.3 Å². The van der Waals surface area contributed by atoms with Gasteiger partial charge in [0.25, 0.3) is 5.91 Å². The number of fused-ring (bicyclic) bond motifs is 3. The van der Waals surface area contributed by atoms with Gasteiger partial charge in [-0.25, -0.2) is 9.97 Å². The zero-order chi connectivity index (χ0) is 18.4. The molecule has 0 aliphatic rings. The van der Waals surface area contributed by atoms with Crippen molar-refractivity contribution in [1.29, 1.82) is 0 Å². The number of benzene rings is 1. The predicted molar refractivity (Wildman–Crippen MR) is 105 cm³/mol. The van der Waals surface area contributed by atoms with Crippen molar-refractivity contribution in [2.75, 3.05) is 0 Å². The number of carbonyl (C=O) groups is 1. The first kappa shape index (κ1) is 16.2. The number of rotatable bonds is 4. The van der Waals surface area contributed by atoms with Gasteiger partial charge >= 0.3 is 0 Å². The Morgan fingerprint density at radius 1 is 1.26 bits per heavy atom. The first-order valence-corrected chi connectivity index (χ1v) is 9.98. The van der Waals surface area contributed by atoms with Gasteiger partial charge in [-0.05, 0) is 18.6 Å². The van der Waals surface area contributed by atoms with Crippen LogP contribution in [0.3, 0.4) is 0 Å². The van der Waals surface area contributed by atoms with Gasteiger partial charge in [-0.1, -0.05) is 30.3 Å². The molecule has 0 spiro atoms. The molecule has 1 amide bonds. The first-order valence-electron chi connectivity index (χ1n) is 8.29. The molecule has 9 heteroatoms. The molecule has 0 bridgehead atoms. The molecule has 2 N–H and O–H groups in total. The zero-order valence-electron chi connectivity index (χ0n) is 14.2. The third kappa shape index (κ3) is 2.81. The van der Waals surface area contributed by atoms with E-state index in [0.29, 0.717) is 16.5 Å². The second kappa shape index (κ2) is 6.29. The van der Waals surface area contributed by atoms with Crippen LogP contribution in [-0.2, 0) is 0 Å². The number of nitrogens with one attached hydrogen (secondary N) is 2. The number of thiazole rings is 1. The Bertz CT molecular complexity index is 1250. The lowest BCUT2D eigenvalue weighted by atomic mass is 10.1. The molecule has 7 nitrogen and oxygen atoms in total. The summed E-state index contributed by atoms with van der Waals surface area (Å²) in [4.78, 5) is 24.3. The molecule has 5 rings (SSSR count). The molecule has 5 aromatic rings.